The zero-order valence-corrected chi connectivity index (χ0v) is 10.9. The monoisotopic (exact) mass is 273 g/mol. The molecule has 0 aromatic heterocycles. The van der Waals surface area contributed by atoms with Crippen molar-refractivity contribution in [3.63, 3.8) is 0 Å². The number of ether oxygens (including phenoxy) is 1. The number of benzene rings is 1. The van der Waals surface area contributed by atoms with Crippen LogP contribution >= 0.6 is 23.2 Å². The predicted octanol–water partition coefficient (Wildman–Crippen LogP) is 2.98. The maximum absolute atomic E-state index is 11.6. The van der Waals surface area contributed by atoms with Crippen LogP contribution in [-0.4, -0.2) is 19.6 Å². The number of halogens is 2. The molecule has 1 aromatic carbocycles. The molecule has 1 rings (SSSR count). The highest BCUT2D eigenvalue weighted by atomic mass is 35.5. The van der Waals surface area contributed by atoms with Crippen LogP contribution in [0.2, 0.25) is 10.0 Å². The van der Waals surface area contributed by atoms with Crippen LogP contribution in [0.25, 0.3) is 0 Å². The average Bonchev–Trinajstić information content (AvgIpc) is 2.28. The highest BCUT2D eigenvalue weighted by Gasteiger charge is 2.21. The fourth-order valence-corrected chi connectivity index (χ4v) is 1.94. The second-order valence-corrected chi connectivity index (χ2v) is 4.23. The summed E-state index contributed by atoms with van der Waals surface area (Å²) in [4.78, 5) is 11.6. The van der Waals surface area contributed by atoms with Crippen LogP contribution in [0, 0.1) is 0 Å². The summed E-state index contributed by atoms with van der Waals surface area (Å²) in [5.41, 5.74) is 0.663. The lowest BCUT2D eigenvalue weighted by Crippen LogP contribution is -2.29. The van der Waals surface area contributed by atoms with E-state index >= 15 is 0 Å². The van der Waals surface area contributed by atoms with Gasteiger partial charge in [-0.25, -0.2) is 4.79 Å². The smallest absolute Gasteiger partial charge is 0.327 e. The Kier molecular flexibility index (Phi) is 5.48. The van der Waals surface area contributed by atoms with Crippen LogP contribution in [0.3, 0.4) is 0 Å². The van der Waals surface area contributed by atoms with Crippen LogP contribution in [0.5, 0.6) is 0 Å². The first-order valence-electron chi connectivity index (χ1n) is 4.96. The van der Waals surface area contributed by atoms with Gasteiger partial charge in [0.2, 0.25) is 0 Å². The van der Waals surface area contributed by atoms with Crippen molar-refractivity contribution in [3.05, 3.63) is 46.5 Å². The van der Waals surface area contributed by atoms with Crippen molar-refractivity contribution in [2.45, 2.75) is 6.04 Å². The van der Waals surface area contributed by atoms with Crippen molar-refractivity contribution in [2.75, 3.05) is 13.7 Å². The summed E-state index contributed by atoms with van der Waals surface area (Å²) in [5.74, 6) is -0.398. The van der Waals surface area contributed by atoms with Gasteiger partial charge in [-0.05, 0) is 23.8 Å². The molecule has 17 heavy (non-hydrogen) atoms. The van der Waals surface area contributed by atoms with Gasteiger partial charge in [0.25, 0.3) is 0 Å². The third kappa shape index (κ3) is 4.04. The standard InChI is InChI=1S/C12H13Cl2NO2/c1-3-4-15-11(12(16)17-2)8-5-9(13)7-10(14)6-8/h3,5-7,11,15H,1,4H2,2H3. The number of nitrogens with one attached hydrogen (secondary N) is 1. The third-order valence-electron chi connectivity index (χ3n) is 2.12. The zero-order valence-electron chi connectivity index (χ0n) is 9.37. The fraction of sp³-hybridized carbons (Fsp3) is 0.250. The highest BCUT2D eigenvalue weighted by molar-refractivity contribution is 6.34. The lowest BCUT2D eigenvalue weighted by atomic mass is 10.1. The number of carbonyl (C=O) groups excluding carboxylic acids is 1. The van der Waals surface area contributed by atoms with E-state index < -0.39 is 12.0 Å². The molecule has 5 heteroatoms. The Balaban J connectivity index is 3.02. The molecular weight excluding hydrogens is 261 g/mol. The zero-order chi connectivity index (χ0) is 12.8. The molecule has 3 nitrogen and oxygen atoms in total. The van der Waals surface area contributed by atoms with E-state index in [0.717, 1.165) is 0 Å². The lowest BCUT2D eigenvalue weighted by Gasteiger charge is -2.16. The quantitative estimate of drug-likeness (QED) is 0.662. The second kappa shape index (κ2) is 6.64. The van der Waals surface area contributed by atoms with Crippen LogP contribution in [0.15, 0.2) is 30.9 Å². The lowest BCUT2D eigenvalue weighted by molar-refractivity contribution is -0.143. The number of esters is 1. The molecule has 0 saturated carbocycles. The largest absolute Gasteiger partial charge is 0.468 e. The molecule has 0 aliphatic carbocycles. The van der Waals surface area contributed by atoms with Crippen LogP contribution in [0.4, 0.5) is 0 Å². The average molecular weight is 274 g/mol. The number of hydrogen-bond acceptors (Lipinski definition) is 3. The Morgan fingerprint density at radius 2 is 2.06 bits per heavy atom. The van der Waals surface area contributed by atoms with Crippen molar-refractivity contribution in [2.24, 2.45) is 0 Å². The molecule has 0 aliphatic rings. The molecule has 1 unspecified atom stereocenters. The number of hydrogen-bond donors (Lipinski definition) is 1. The van der Waals surface area contributed by atoms with E-state index in [2.05, 4.69) is 11.9 Å². The first-order chi connectivity index (χ1) is 8.08. The summed E-state index contributed by atoms with van der Waals surface area (Å²) in [7, 11) is 1.33. The minimum atomic E-state index is -0.603. The molecule has 0 bridgehead atoms. The number of rotatable bonds is 5. The Hall–Kier alpha value is -1.03. The maximum Gasteiger partial charge on any atom is 0.327 e. The summed E-state index contributed by atoms with van der Waals surface area (Å²) in [5, 5.41) is 3.93. The first kappa shape index (κ1) is 14.0. The molecule has 92 valence electrons. The van der Waals surface area contributed by atoms with Crippen molar-refractivity contribution in [1.29, 1.82) is 0 Å². The van der Waals surface area contributed by atoms with Gasteiger partial charge in [0.15, 0.2) is 0 Å². The molecule has 0 spiro atoms. The first-order valence-corrected chi connectivity index (χ1v) is 5.72. The third-order valence-corrected chi connectivity index (χ3v) is 2.56. The van der Waals surface area contributed by atoms with E-state index in [1.807, 2.05) is 0 Å². The minimum absolute atomic E-state index is 0.398. The van der Waals surface area contributed by atoms with Crippen molar-refractivity contribution < 1.29 is 9.53 Å². The normalized spacial score (nSPS) is 11.9. The molecule has 0 aliphatic heterocycles. The molecule has 1 aromatic rings. The molecule has 0 saturated heterocycles. The molecule has 0 heterocycles. The number of carbonyl (C=O) groups is 1. The van der Waals surface area contributed by atoms with Crippen LogP contribution in [0.1, 0.15) is 11.6 Å². The van der Waals surface area contributed by atoms with Gasteiger partial charge in [0.1, 0.15) is 6.04 Å². The molecule has 0 fully saturated rings. The minimum Gasteiger partial charge on any atom is -0.468 e. The molecule has 1 N–H and O–H groups in total. The molecule has 0 radical (unpaired) electrons. The van der Waals surface area contributed by atoms with Gasteiger partial charge in [-0.3, -0.25) is 5.32 Å². The van der Waals surface area contributed by atoms with Gasteiger partial charge in [0, 0.05) is 16.6 Å². The molecular formula is C12H13Cl2NO2. The van der Waals surface area contributed by atoms with Crippen LogP contribution < -0.4 is 5.32 Å². The summed E-state index contributed by atoms with van der Waals surface area (Å²) in [6.45, 7) is 4.06. The van der Waals surface area contributed by atoms with E-state index in [1.54, 1.807) is 24.3 Å². The molecule has 1 atom stereocenters. The summed E-state index contributed by atoms with van der Waals surface area (Å²) < 4.78 is 4.72. The summed E-state index contributed by atoms with van der Waals surface area (Å²) in [6, 6.07) is 4.35. The van der Waals surface area contributed by atoms with E-state index in [9.17, 15) is 4.79 Å². The van der Waals surface area contributed by atoms with Gasteiger partial charge in [-0.1, -0.05) is 29.3 Å². The Morgan fingerprint density at radius 3 is 2.53 bits per heavy atom. The van der Waals surface area contributed by atoms with E-state index in [0.29, 0.717) is 22.2 Å². The van der Waals surface area contributed by atoms with E-state index in [-0.39, 0.29) is 0 Å². The van der Waals surface area contributed by atoms with Gasteiger partial charge < -0.3 is 4.74 Å². The van der Waals surface area contributed by atoms with E-state index in [4.69, 9.17) is 27.9 Å². The van der Waals surface area contributed by atoms with Crippen molar-refractivity contribution >= 4 is 29.2 Å². The Bertz CT molecular complexity index is 401. The van der Waals surface area contributed by atoms with Crippen molar-refractivity contribution in [1.82, 2.24) is 5.32 Å². The van der Waals surface area contributed by atoms with Gasteiger partial charge >= 0.3 is 5.97 Å². The maximum atomic E-state index is 11.6. The highest BCUT2D eigenvalue weighted by Crippen LogP contribution is 2.24. The topological polar surface area (TPSA) is 38.3 Å². The van der Waals surface area contributed by atoms with Crippen molar-refractivity contribution in [3.8, 4) is 0 Å². The SMILES string of the molecule is C=CCNC(C(=O)OC)c1cc(Cl)cc(Cl)c1. The summed E-state index contributed by atoms with van der Waals surface area (Å²) in [6.07, 6.45) is 1.65. The van der Waals surface area contributed by atoms with Gasteiger partial charge in [-0.2, -0.15) is 0 Å². The second-order valence-electron chi connectivity index (χ2n) is 3.36. The predicted molar refractivity (Wildman–Crippen MR) is 69.4 cm³/mol. The van der Waals surface area contributed by atoms with Crippen LogP contribution in [-0.2, 0) is 9.53 Å². The Labute approximate surface area is 110 Å². The Morgan fingerprint density at radius 1 is 1.47 bits per heavy atom. The fourth-order valence-electron chi connectivity index (χ4n) is 1.40. The van der Waals surface area contributed by atoms with Gasteiger partial charge in [0.05, 0.1) is 7.11 Å². The van der Waals surface area contributed by atoms with Gasteiger partial charge in [-0.15, -0.1) is 6.58 Å². The molecule has 0 amide bonds. The van der Waals surface area contributed by atoms with E-state index in [1.165, 1.54) is 7.11 Å². The number of methoxy groups -OCH3 is 1. The summed E-state index contributed by atoms with van der Waals surface area (Å²) >= 11 is 11.8.